The van der Waals surface area contributed by atoms with Crippen LogP contribution in [0.25, 0.3) is 5.69 Å². The van der Waals surface area contributed by atoms with Gasteiger partial charge < -0.3 is 15.1 Å². The van der Waals surface area contributed by atoms with E-state index < -0.39 is 5.91 Å². The number of amides is 2. The summed E-state index contributed by atoms with van der Waals surface area (Å²) in [6.07, 6.45) is 1.42. The van der Waals surface area contributed by atoms with Crippen LogP contribution in [0.4, 0.5) is 11.4 Å². The highest BCUT2D eigenvalue weighted by atomic mass is 35.5. The Morgan fingerprint density at radius 3 is 2.30 bits per heavy atom. The third-order valence-electron chi connectivity index (χ3n) is 4.36. The van der Waals surface area contributed by atoms with Gasteiger partial charge in [0.25, 0.3) is 11.8 Å². The van der Waals surface area contributed by atoms with Gasteiger partial charge in [0.05, 0.1) is 17.6 Å². The van der Waals surface area contributed by atoms with Gasteiger partial charge in [0.1, 0.15) is 10.7 Å². The van der Waals surface area contributed by atoms with E-state index in [1.165, 1.54) is 10.9 Å². The smallest absolute Gasteiger partial charge is 0.291 e. The number of para-hydroxylation sites is 1. The second-order valence-electron chi connectivity index (χ2n) is 6.46. The zero-order chi connectivity index (χ0) is 21.1. The van der Waals surface area contributed by atoms with Crippen molar-refractivity contribution in [1.82, 2.24) is 9.78 Å². The van der Waals surface area contributed by atoms with Crippen LogP contribution in [0.5, 0.6) is 0 Å². The Morgan fingerprint density at radius 1 is 0.933 bits per heavy atom. The SMILES string of the molecule is Cc1nn(-c2ccccc2)c(Cl)c1C(=O)Nc1cccc(NC(=O)c2ccco2)c1. The van der Waals surface area contributed by atoms with E-state index in [9.17, 15) is 9.59 Å². The molecule has 0 aliphatic heterocycles. The molecule has 7 nitrogen and oxygen atoms in total. The van der Waals surface area contributed by atoms with Crippen LogP contribution in [0.15, 0.2) is 77.4 Å². The largest absolute Gasteiger partial charge is 0.459 e. The Morgan fingerprint density at radius 2 is 1.63 bits per heavy atom. The van der Waals surface area contributed by atoms with E-state index in [1.54, 1.807) is 43.3 Å². The van der Waals surface area contributed by atoms with Crippen molar-refractivity contribution >= 4 is 34.8 Å². The third kappa shape index (κ3) is 3.97. The summed E-state index contributed by atoms with van der Waals surface area (Å²) in [7, 11) is 0. The molecule has 0 saturated carbocycles. The number of carbonyl (C=O) groups is 2. The first-order valence-electron chi connectivity index (χ1n) is 9.10. The minimum absolute atomic E-state index is 0.195. The van der Waals surface area contributed by atoms with Gasteiger partial charge in [-0.3, -0.25) is 9.59 Å². The highest BCUT2D eigenvalue weighted by Gasteiger charge is 2.21. The van der Waals surface area contributed by atoms with Crippen molar-refractivity contribution in [2.75, 3.05) is 10.6 Å². The first-order chi connectivity index (χ1) is 14.5. The molecule has 8 heteroatoms. The number of nitrogens with one attached hydrogen (secondary N) is 2. The molecule has 2 heterocycles. The number of hydrogen-bond donors (Lipinski definition) is 2. The number of halogens is 1. The fourth-order valence-corrected chi connectivity index (χ4v) is 3.32. The van der Waals surface area contributed by atoms with E-state index in [-0.39, 0.29) is 22.4 Å². The minimum Gasteiger partial charge on any atom is -0.459 e. The van der Waals surface area contributed by atoms with E-state index >= 15 is 0 Å². The number of carbonyl (C=O) groups excluding carboxylic acids is 2. The topological polar surface area (TPSA) is 89.2 Å². The van der Waals surface area contributed by atoms with E-state index in [0.717, 1.165) is 5.69 Å². The fourth-order valence-electron chi connectivity index (χ4n) is 2.97. The molecule has 0 aliphatic rings. The van der Waals surface area contributed by atoms with E-state index in [4.69, 9.17) is 16.0 Å². The van der Waals surface area contributed by atoms with Gasteiger partial charge in [-0.1, -0.05) is 35.9 Å². The monoisotopic (exact) mass is 420 g/mol. The molecule has 0 aliphatic carbocycles. The van der Waals surface area contributed by atoms with Crippen LogP contribution in [0.1, 0.15) is 26.6 Å². The molecule has 0 spiro atoms. The Bertz CT molecular complexity index is 1200. The van der Waals surface area contributed by atoms with Gasteiger partial charge in [0, 0.05) is 11.4 Å². The molecule has 0 unspecified atom stereocenters. The Kier molecular flexibility index (Phi) is 5.36. The van der Waals surface area contributed by atoms with Crippen LogP contribution in [0.3, 0.4) is 0 Å². The summed E-state index contributed by atoms with van der Waals surface area (Å²) >= 11 is 6.45. The third-order valence-corrected chi connectivity index (χ3v) is 4.70. The first kappa shape index (κ1) is 19.5. The van der Waals surface area contributed by atoms with Gasteiger partial charge in [-0.05, 0) is 49.4 Å². The van der Waals surface area contributed by atoms with Crippen molar-refractivity contribution in [3.05, 3.63) is 95.2 Å². The molecule has 0 fully saturated rings. The number of furan rings is 1. The number of benzene rings is 2. The molecule has 2 aromatic heterocycles. The Balaban J connectivity index is 1.53. The maximum Gasteiger partial charge on any atom is 0.291 e. The quantitative estimate of drug-likeness (QED) is 0.479. The number of anilines is 2. The highest BCUT2D eigenvalue weighted by molar-refractivity contribution is 6.34. The molecule has 2 amide bonds. The molecule has 30 heavy (non-hydrogen) atoms. The zero-order valence-electron chi connectivity index (χ0n) is 15.9. The number of rotatable bonds is 5. The first-order valence-corrected chi connectivity index (χ1v) is 9.47. The second-order valence-corrected chi connectivity index (χ2v) is 6.82. The van der Waals surface area contributed by atoms with Gasteiger partial charge in [-0.2, -0.15) is 5.10 Å². The van der Waals surface area contributed by atoms with Gasteiger partial charge >= 0.3 is 0 Å². The normalized spacial score (nSPS) is 10.6. The number of hydrogen-bond acceptors (Lipinski definition) is 4. The average Bonchev–Trinajstić information content (AvgIpc) is 3.37. The summed E-state index contributed by atoms with van der Waals surface area (Å²) in [6.45, 7) is 1.72. The maximum absolute atomic E-state index is 12.9. The van der Waals surface area contributed by atoms with Gasteiger partial charge in [-0.15, -0.1) is 0 Å². The van der Waals surface area contributed by atoms with Crippen LogP contribution in [-0.4, -0.2) is 21.6 Å². The number of aromatic nitrogens is 2. The van der Waals surface area contributed by atoms with E-state index in [0.29, 0.717) is 17.1 Å². The summed E-state index contributed by atoms with van der Waals surface area (Å²) in [6, 6.07) is 19.3. The second kappa shape index (κ2) is 8.26. The Hall–Kier alpha value is -3.84. The summed E-state index contributed by atoms with van der Waals surface area (Å²) in [5, 5.41) is 10.1. The predicted molar refractivity (Wildman–Crippen MR) is 114 cm³/mol. The van der Waals surface area contributed by atoms with E-state index in [1.807, 2.05) is 30.3 Å². The molecule has 4 rings (SSSR count). The van der Waals surface area contributed by atoms with Crippen molar-refractivity contribution in [2.24, 2.45) is 0 Å². The predicted octanol–water partition coefficient (Wildman–Crippen LogP) is 4.93. The van der Waals surface area contributed by atoms with Crippen LogP contribution in [0, 0.1) is 6.92 Å². The van der Waals surface area contributed by atoms with Gasteiger partial charge in [-0.25, -0.2) is 4.68 Å². The maximum atomic E-state index is 12.9. The van der Waals surface area contributed by atoms with Crippen LogP contribution >= 0.6 is 11.6 Å². The molecule has 0 atom stereocenters. The van der Waals surface area contributed by atoms with E-state index in [2.05, 4.69) is 15.7 Å². The van der Waals surface area contributed by atoms with Gasteiger partial charge in [0.2, 0.25) is 0 Å². The summed E-state index contributed by atoms with van der Waals surface area (Å²) in [5.74, 6) is -0.583. The van der Waals surface area contributed by atoms with Crippen molar-refractivity contribution < 1.29 is 14.0 Å². The lowest BCUT2D eigenvalue weighted by Crippen LogP contribution is -2.14. The van der Waals surface area contributed by atoms with Crippen LogP contribution in [-0.2, 0) is 0 Å². The van der Waals surface area contributed by atoms with Crippen molar-refractivity contribution in [3.8, 4) is 5.69 Å². The van der Waals surface area contributed by atoms with Crippen LogP contribution in [0.2, 0.25) is 5.15 Å². The summed E-state index contributed by atoms with van der Waals surface area (Å²) in [5.41, 5.74) is 2.55. The minimum atomic E-state index is -0.394. The molecular formula is C22H17ClN4O3. The molecule has 0 saturated heterocycles. The Labute approximate surface area is 177 Å². The average molecular weight is 421 g/mol. The summed E-state index contributed by atoms with van der Waals surface area (Å²) < 4.78 is 6.60. The zero-order valence-corrected chi connectivity index (χ0v) is 16.7. The van der Waals surface area contributed by atoms with Crippen LogP contribution < -0.4 is 10.6 Å². The lowest BCUT2D eigenvalue weighted by atomic mass is 10.2. The highest BCUT2D eigenvalue weighted by Crippen LogP contribution is 2.25. The standard InChI is InChI=1S/C22H17ClN4O3/c1-14-19(20(23)27(26-14)17-9-3-2-4-10-17)22(29)25-16-8-5-7-15(13-16)24-21(28)18-11-6-12-30-18/h2-13H,1H3,(H,24,28)(H,25,29). The molecule has 0 radical (unpaired) electrons. The molecular weight excluding hydrogens is 404 g/mol. The lowest BCUT2D eigenvalue weighted by molar-refractivity contribution is 0.0995. The molecule has 2 N–H and O–H groups in total. The lowest BCUT2D eigenvalue weighted by Gasteiger charge is -2.08. The summed E-state index contributed by atoms with van der Waals surface area (Å²) in [4.78, 5) is 25.0. The van der Waals surface area contributed by atoms with Crippen molar-refractivity contribution in [3.63, 3.8) is 0 Å². The molecule has 4 aromatic rings. The fraction of sp³-hybridized carbons (Fsp3) is 0.0455. The van der Waals surface area contributed by atoms with Crippen molar-refractivity contribution in [1.29, 1.82) is 0 Å². The molecule has 2 aromatic carbocycles. The molecule has 150 valence electrons. The van der Waals surface area contributed by atoms with Crippen molar-refractivity contribution in [2.45, 2.75) is 6.92 Å². The number of nitrogens with zero attached hydrogens (tertiary/aromatic N) is 2. The van der Waals surface area contributed by atoms with Gasteiger partial charge in [0.15, 0.2) is 5.76 Å². The number of aryl methyl sites for hydroxylation is 1. The molecule has 0 bridgehead atoms.